The molecule has 10 nitrogen and oxygen atoms in total. The van der Waals surface area contributed by atoms with Crippen molar-refractivity contribution < 1.29 is 34.1 Å². The van der Waals surface area contributed by atoms with Crippen molar-refractivity contribution in [3.8, 4) is 11.5 Å². The number of methoxy groups -OCH3 is 1. The molecular formula is C28H39N3O7. The molecule has 0 radical (unpaired) electrons. The van der Waals surface area contributed by atoms with Gasteiger partial charge in [0.05, 0.1) is 13.7 Å². The molecule has 2 aromatic carbocycles. The number of rotatable bonds is 11. The second kappa shape index (κ2) is 13.7. The number of carbonyl (C=O) groups is 3. The molecule has 10 heteroatoms. The Kier molecular flexibility index (Phi) is 10.9. The van der Waals surface area contributed by atoms with E-state index >= 15 is 0 Å². The molecule has 0 saturated heterocycles. The lowest BCUT2D eigenvalue weighted by Gasteiger charge is -2.34. The van der Waals surface area contributed by atoms with Crippen molar-refractivity contribution in [2.45, 2.75) is 65.1 Å². The van der Waals surface area contributed by atoms with E-state index in [2.05, 4.69) is 10.6 Å². The third kappa shape index (κ3) is 8.65. The molecule has 0 saturated carbocycles. The number of phenolic OH excluding ortho intramolecular Hbond substituents is 1. The van der Waals surface area contributed by atoms with Crippen molar-refractivity contribution in [3.63, 3.8) is 0 Å². The van der Waals surface area contributed by atoms with E-state index in [1.54, 1.807) is 64.1 Å². The van der Waals surface area contributed by atoms with Gasteiger partial charge in [-0.3, -0.25) is 9.59 Å². The van der Waals surface area contributed by atoms with Crippen LogP contribution < -0.4 is 15.4 Å². The molecule has 3 amide bonds. The maximum absolute atomic E-state index is 13.7. The number of hydrogen-bond acceptors (Lipinski definition) is 7. The topological polar surface area (TPSA) is 137 Å². The third-order valence-electron chi connectivity index (χ3n) is 5.66. The zero-order valence-electron chi connectivity index (χ0n) is 22.9. The molecule has 0 heterocycles. The molecule has 2 aromatic rings. The van der Waals surface area contributed by atoms with Crippen molar-refractivity contribution in [1.82, 2.24) is 10.2 Å². The first-order chi connectivity index (χ1) is 17.9. The second-order valence-electron chi connectivity index (χ2n) is 9.93. The second-order valence-corrected chi connectivity index (χ2v) is 9.93. The van der Waals surface area contributed by atoms with Crippen LogP contribution >= 0.6 is 0 Å². The summed E-state index contributed by atoms with van der Waals surface area (Å²) < 4.78 is 10.4. The molecule has 0 aromatic heterocycles. The first-order valence-electron chi connectivity index (χ1n) is 12.6. The van der Waals surface area contributed by atoms with Crippen molar-refractivity contribution in [2.75, 3.05) is 25.6 Å². The van der Waals surface area contributed by atoms with E-state index in [-0.39, 0.29) is 12.3 Å². The number of nitrogens with zero attached hydrogens (tertiary/aromatic N) is 1. The number of carbonyl (C=O) groups excluding carboxylic acids is 3. The number of aromatic hydroxyl groups is 1. The molecule has 0 spiro atoms. The van der Waals surface area contributed by atoms with E-state index in [0.29, 0.717) is 29.0 Å². The fourth-order valence-corrected chi connectivity index (χ4v) is 3.74. The Bertz CT molecular complexity index is 1100. The summed E-state index contributed by atoms with van der Waals surface area (Å²) in [5, 5.41) is 25.3. The Balaban J connectivity index is 2.48. The minimum atomic E-state index is -1.34. The van der Waals surface area contributed by atoms with Crippen LogP contribution in [0.15, 0.2) is 42.5 Å². The van der Waals surface area contributed by atoms with Crippen molar-refractivity contribution in [3.05, 3.63) is 53.6 Å². The number of anilines is 1. The number of alkyl carbamates (subject to hydrolysis) is 1. The maximum atomic E-state index is 13.7. The van der Waals surface area contributed by atoms with Crippen LogP contribution in [0.4, 0.5) is 10.5 Å². The lowest BCUT2D eigenvalue weighted by molar-refractivity contribution is -0.141. The first kappa shape index (κ1) is 30.4. The number of benzene rings is 2. The van der Waals surface area contributed by atoms with Gasteiger partial charge < -0.3 is 35.2 Å². The molecule has 0 fully saturated rings. The maximum Gasteiger partial charge on any atom is 0.408 e. The summed E-state index contributed by atoms with van der Waals surface area (Å²) in [6.07, 6.45) is 0.439. The van der Waals surface area contributed by atoms with Gasteiger partial charge in [0.2, 0.25) is 5.91 Å². The van der Waals surface area contributed by atoms with Crippen LogP contribution in [0, 0.1) is 6.92 Å². The average molecular weight is 530 g/mol. The van der Waals surface area contributed by atoms with Gasteiger partial charge in [0, 0.05) is 12.2 Å². The van der Waals surface area contributed by atoms with E-state index in [1.807, 2.05) is 6.92 Å². The van der Waals surface area contributed by atoms with Crippen LogP contribution in [0.5, 0.6) is 11.5 Å². The summed E-state index contributed by atoms with van der Waals surface area (Å²) in [5.74, 6) is -0.479. The lowest BCUT2D eigenvalue weighted by atomic mass is 9.99. The van der Waals surface area contributed by atoms with Gasteiger partial charge in [-0.1, -0.05) is 19.4 Å². The highest BCUT2D eigenvalue weighted by Gasteiger charge is 2.36. The fraction of sp³-hybridized carbons (Fsp3) is 0.464. The summed E-state index contributed by atoms with van der Waals surface area (Å²) in [6.45, 7) is 8.18. The number of aliphatic hydroxyl groups excluding tert-OH is 1. The number of aryl methyl sites for hydroxylation is 1. The number of ether oxygens (including phenoxy) is 2. The van der Waals surface area contributed by atoms with Gasteiger partial charge in [0.15, 0.2) is 0 Å². The molecule has 2 unspecified atom stereocenters. The van der Waals surface area contributed by atoms with E-state index in [1.165, 1.54) is 18.1 Å². The quantitative estimate of drug-likeness (QED) is 0.346. The van der Waals surface area contributed by atoms with E-state index in [9.17, 15) is 24.6 Å². The Labute approximate surface area is 223 Å². The molecule has 0 aliphatic rings. The van der Waals surface area contributed by atoms with Crippen LogP contribution in [0.1, 0.15) is 57.7 Å². The normalized spacial score (nSPS) is 12.7. The van der Waals surface area contributed by atoms with Crippen molar-refractivity contribution >= 4 is 23.6 Å². The van der Waals surface area contributed by atoms with Crippen LogP contribution in [-0.4, -0.2) is 64.9 Å². The van der Waals surface area contributed by atoms with Crippen LogP contribution in [-0.2, 0) is 14.3 Å². The average Bonchev–Trinajstić information content (AvgIpc) is 2.85. The van der Waals surface area contributed by atoms with Crippen LogP contribution in [0.25, 0.3) is 0 Å². The minimum Gasteiger partial charge on any atom is -0.508 e. The lowest BCUT2D eigenvalue weighted by Crippen LogP contribution is -2.54. The summed E-state index contributed by atoms with van der Waals surface area (Å²) in [4.78, 5) is 41.2. The molecular weight excluding hydrogens is 490 g/mol. The fourth-order valence-electron chi connectivity index (χ4n) is 3.74. The Morgan fingerprint density at radius 1 is 1.08 bits per heavy atom. The monoisotopic (exact) mass is 529 g/mol. The molecule has 4 N–H and O–H groups in total. The summed E-state index contributed by atoms with van der Waals surface area (Å²) in [7, 11) is 1.54. The van der Waals surface area contributed by atoms with Crippen LogP contribution in [0.2, 0.25) is 0 Å². The smallest absolute Gasteiger partial charge is 0.408 e. The van der Waals surface area contributed by atoms with Gasteiger partial charge in [-0.15, -0.1) is 0 Å². The number of aliphatic hydroxyl groups is 1. The Morgan fingerprint density at radius 3 is 2.26 bits per heavy atom. The predicted octanol–water partition coefficient (Wildman–Crippen LogP) is 3.90. The van der Waals surface area contributed by atoms with Gasteiger partial charge in [-0.25, -0.2) is 4.79 Å². The molecule has 0 aliphatic carbocycles. The Morgan fingerprint density at radius 2 is 1.74 bits per heavy atom. The number of amides is 3. The van der Waals surface area contributed by atoms with Crippen LogP contribution in [0.3, 0.4) is 0 Å². The third-order valence-corrected chi connectivity index (χ3v) is 5.66. The Hall–Kier alpha value is -3.79. The summed E-state index contributed by atoms with van der Waals surface area (Å²) in [5.41, 5.74) is 0.673. The van der Waals surface area contributed by atoms with Gasteiger partial charge in [0.25, 0.3) is 5.91 Å². The number of unbranched alkanes of at least 4 members (excludes halogenated alkanes) is 1. The number of nitrogens with one attached hydrogen (secondary N) is 2. The zero-order chi connectivity index (χ0) is 28.5. The molecule has 208 valence electrons. The zero-order valence-corrected chi connectivity index (χ0v) is 22.9. The summed E-state index contributed by atoms with van der Waals surface area (Å²) >= 11 is 0. The van der Waals surface area contributed by atoms with Crippen molar-refractivity contribution in [2.24, 2.45) is 0 Å². The predicted molar refractivity (Wildman–Crippen MR) is 144 cm³/mol. The number of hydrogen-bond donors (Lipinski definition) is 4. The van der Waals surface area contributed by atoms with E-state index in [0.717, 1.165) is 6.42 Å². The molecule has 2 atom stereocenters. The first-order valence-corrected chi connectivity index (χ1v) is 12.6. The number of phenols is 1. The standard InChI is InChI=1S/C28H39N3O7/c1-7-8-15-31(26(35)22(17-32)30-27(36)38-28(3,4)5)24(19-9-14-23(33)18(2)16-19)25(34)29-20-10-12-21(37-6)13-11-20/h9-14,16,22,24,32-33H,7-8,15,17H2,1-6H3,(H,29,34)(H,30,36). The highest BCUT2D eigenvalue weighted by atomic mass is 16.6. The molecule has 38 heavy (non-hydrogen) atoms. The van der Waals surface area contributed by atoms with E-state index < -0.39 is 42.2 Å². The van der Waals surface area contributed by atoms with Gasteiger partial charge >= 0.3 is 6.09 Å². The van der Waals surface area contributed by atoms with E-state index in [4.69, 9.17) is 9.47 Å². The highest BCUT2D eigenvalue weighted by molar-refractivity contribution is 5.99. The highest BCUT2D eigenvalue weighted by Crippen LogP contribution is 2.29. The minimum absolute atomic E-state index is 0.0503. The molecule has 2 rings (SSSR count). The van der Waals surface area contributed by atoms with Gasteiger partial charge in [0.1, 0.15) is 29.2 Å². The van der Waals surface area contributed by atoms with Crippen molar-refractivity contribution in [1.29, 1.82) is 0 Å². The molecule has 0 bridgehead atoms. The SMILES string of the molecule is CCCCN(C(=O)C(CO)NC(=O)OC(C)(C)C)C(C(=O)Nc1ccc(OC)cc1)c1ccc(O)c(C)c1. The largest absolute Gasteiger partial charge is 0.508 e. The summed E-state index contributed by atoms with van der Waals surface area (Å²) in [6, 6.07) is 8.95. The van der Waals surface area contributed by atoms with Gasteiger partial charge in [-0.05, 0) is 81.6 Å². The van der Waals surface area contributed by atoms with Gasteiger partial charge in [-0.2, -0.15) is 0 Å². The molecule has 0 aliphatic heterocycles.